The number of aromatic nitrogens is 4. The number of nitrogens with zero attached hydrogens (tertiary/aromatic N) is 6. The maximum absolute atomic E-state index is 10.6. The van der Waals surface area contributed by atoms with Crippen molar-refractivity contribution >= 4 is 23.4 Å². The zero-order valence-corrected chi connectivity index (χ0v) is 25.5. The molecular weight excluding hydrogens is 699 g/mol. The first-order valence-electron chi connectivity index (χ1n) is 13.7. The van der Waals surface area contributed by atoms with E-state index >= 15 is 0 Å². The van der Waals surface area contributed by atoms with Crippen molar-refractivity contribution in [2.24, 2.45) is 0 Å². The average molecular weight is 727 g/mol. The van der Waals surface area contributed by atoms with E-state index < -0.39 is 36.4 Å². The zero-order valence-electron chi connectivity index (χ0n) is 25.5. The number of carboxylic acids is 3. The Hall–Kier alpha value is -5.31. The van der Waals surface area contributed by atoms with Crippen molar-refractivity contribution in [3.63, 3.8) is 0 Å². The first-order chi connectivity index (χ1) is 23.1. The van der Waals surface area contributed by atoms with Crippen LogP contribution < -0.4 is 0 Å². The largest absolute Gasteiger partial charge is 0.490 e. The highest BCUT2D eigenvalue weighted by Gasteiger charge is 2.39. The molecule has 1 atom stereocenters. The molecular formula is C29H27F9N6O6. The molecule has 1 unspecified atom stereocenters. The summed E-state index contributed by atoms with van der Waals surface area (Å²) in [5, 5.41) is 30.4. The van der Waals surface area contributed by atoms with Gasteiger partial charge < -0.3 is 15.3 Å². The van der Waals surface area contributed by atoms with Gasteiger partial charge in [-0.15, -0.1) is 5.10 Å². The molecule has 1 aliphatic heterocycles. The smallest absolute Gasteiger partial charge is 0.475 e. The number of hydrogen-bond acceptors (Lipinski definition) is 8. The van der Waals surface area contributed by atoms with Crippen LogP contribution in [0, 0.1) is 0 Å². The van der Waals surface area contributed by atoms with E-state index in [2.05, 4.69) is 80.8 Å². The monoisotopic (exact) mass is 726 g/mol. The van der Waals surface area contributed by atoms with E-state index in [1.165, 1.54) is 5.56 Å². The lowest BCUT2D eigenvalue weighted by Crippen LogP contribution is -2.46. The fraction of sp³-hybridized carbons (Fsp3) is 0.310. The maximum Gasteiger partial charge on any atom is 0.490 e. The Kier molecular flexibility index (Phi) is 14.2. The van der Waals surface area contributed by atoms with Crippen LogP contribution in [0.15, 0.2) is 73.1 Å². The van der Waals surface area contributed by atoms with Gasteiger partial charge >= 0.3 is 36.4 Å². The van der Waals surface area contributed by atoms with Crippen LogP contribution in [0.5, 0.6) is 0 Å². The Morgan fingerprint density at radius 3 is 1.74 bits per heavy atom. The van der Waals surface area contributed by atoms with Gasteiger partial charge in [-0.25, -0.2) is 18.9 Å². The molecule has 50 heavy (non-hydrogen) atoms. The number of aliphatic carboxylic acids is 3. The Balaban J connectivity index is 0.000000338. The Labute approximate surface area is 276 Å². The van der Waals surface area contributed by atoms with Gasteiger partial charge in [0.2, 0.25) is 0 Å². The number of benzene rings is 1. The highest BCUT2D eigenvalue weighted by molar-refractivity contribution is 5.73. The normalized spacial score (nSPS) is 15.4. The molecule has 1 fully saturated rings. The molecule has 1 saturated heterocycles. The van der Waals surface area contributed by atoms with Crippen LogP contribution in [0.1, 0.15) is 17.4 Å². The number of likely N-dealkylation sites (N-methyl/N-ethyl adjacent to an activating group) is 1. The lowest BCUT2D eigenvalue weighted by Gasteiger charge is -2.38. The minimum absolute atomic E-state index is 0.215. The van der Waals surface area contributed by atoms with Crippen molar-refractivity contribution in [3.05, 3.63) is 84.4 Å². The first-order valence-corrected chi connectivity index (χ1v) is 13.7. The van der Waals surface area contributed by atoms with Crippen molar-refractivity contribution in [1.29, 1.82) is 0 Å². The van der Waals surface area contributed by atoms with Crippen molar-refractivity contribution in [2.75, 3.05) is 26.7 Å². The summed E-state index contributed by atoms with van der Waals surface area (Å²) >= 11 is 0. The number of carboxylic acid groups (broad SMARTS) is 3. The molecule has 1 aliphatic rings. The molecule has 4 heterocycles. The van der Waals surface area contributed by atoms with Crippen LogP contribution in [0.25, 0.3) is 16.6 Å². The second kappa shape index (κ2) is 17.4. The van der Waals surface area contributed by atoms with Gasteiger partial charge in [0.05, 0.1) is 17.3 Å². The third-order valence-corrected chi connectivity index (χ3v) is 6.43. The van der Waals surface area contributed by atoms with Gasteiger partial charge in [0.1, 0.15) is 5.69 Å². The minimum Gasteiger partial charge on any atom is -0.475 e. The van der Waals surface area contributed by atoms with E-state index in [0.717, 1.165) is 48.6 Å². The van der Waals surface area contributed by atoms with Crippen molar-refractivity contribution in [2.45, 2.75) is 31.1 Å². The Morgan fingerprint density at radius 2 is 1.26 bits per heavy atom. The number of halogens is 9. The predicted octanol–water partition coefficient (Wildman–Crippen LogP) is 5.18. The summed E-state index contributed by atoms with van der Waals surface area (Å²) < 4.78 is 97.1. The van der Waals surface area contributed by atoms with Gasteiger partial charge in [0.15, 0.2) is 0 Å². The topological polar surface area (TPSA) is 161 Å². The van der Waals surface area contributed by atoms with E-state index in [-0.39, 0.29) is 6.04 Å². The van der Waals surface area contributed by atoms with Gasteiger partial charge in [-0.3, -0.25) is 14.8 Å². The summed E-state index contributed by atoms with van der Waals surface area (Å²) in [6.45, 7) is 3.81. The molecule has 21 heteroatoms. The summed E-state index contributed by atoms with van der Waals surface area (Å²) in [6, 6.07) is 21.0. The molecule has 3 N–H and O–H groups in total. The zero-order chi connectivity index (χ0) is 37.9. The van der Waals surface area contributed by atoms with Gasteiger partial charge in [-0.2, -0.15) is 39.5 Å². The van der Waals surface area contributed by atoms with Crippen LogP contribution in [-0.4, -0.2) is 108 Å². The van der Waals surface area contributed by atoms with E-state index in [9.17, 15) is 39.5 Å². The second-order valence-electron chi connectivity index (χ2n) is 10.0. The van der Waals surface area contributed by atoms with Crippen LogP contribution in [-0.2, 0) is 20.9 Å². The number of hydrogen-bond donors (Lipinski definition) is 3. The quantitative estimate of drug-likeness (QED) is 0.238. The third-order valence-electron chi connectivity index (χ3n) is 6.43. The molecule has 0 aliphatic carbocycles. The van der Waals surface area contributed by atoms with Crippen LogP contribution in [0.2, 0.25) is 0 Å². The number of alkyl halides is 9. The number of fused-ring (bicyclic) bond motifs is 1. The van der Waals surface area contributed by atoms with Gasteiger partial charge in [0, 0.05) is 44.1 Å². The predicted molar refractivity (Wildman–Crippen MR) is 154 cm³/mol. The fourth-order valence-corrected chi connectivity index (χ4v) is 4.04. The summed E-state index contributed by atoms with van der Waals surface area (Å²) in [5.74, 6) is -8.27. The average Bonchev–Trinajstić information content (AvgIpc) is 3.46. The molecule has 0 bridgehead atoms. The Bertz CT molecular complexity index is 1640. The summed E-state index contributed by atoms with van der Waals surface area (Å²) in [7, 11) is 2.17. The lowest BCUT2D eigenvalue weighted by atomic mass is 10.1. The van der Waals surface area contributed by atoms with E-state index in [1.54, 1.807) is 0 Å². The molecule has 0 amide bonds. The molecule has 0 radical (unpaired) electrons. The van der Waals surface area contributed by atoms with Crippen LogP contribution in [0.3, 0.4) is 0 Å². The van der Waals surface area contributed by atoms with Crippen LogP contribution in [0.4, 0.5) is 39.5 Å². The summed E-state index contributed by atoms with van der Waals surface area (Å²) in [6.07, 6.45) is -11.3. The van der Waals surface area contributed by atoms with E-state index in [0.29, 0.717) is 0 Å². The second-order valence-corrected chi connectivity index (χ2v) is 10.0. The third kappa shape index (κ3) is 13.0. The number of piperazine rings is 1. The first kappa shape index (κ1) is 40.9. The molecule has 1 aromatic carbocycles. The van der Waals surface area contributed by atoms with Gasteiger partial charge in [-0.1, -0.05) is 47.7 Å². The minimum atomic E-state index is -5.08. The van der Waals surface area contributed by atoms with Gasteiger partial charge in [0.25, 0.3) is 0 Å². The Morgan fingerprint density at radius 1 is 0.740 bits per heavy atom. The number of pyridine rings is 2. The fourth-order valence-electron chi connectivity index (χ4n) is 4.04. The summed E-state index contributed by atoms with van der Waals surface area (Å²) in [4.78, 5) is 36.0. The standard InChI is InChI=1S/C23H24N6.3C2HF3O2/c1-27-13-14-28(16-20-9-5-6-12-24-20)17-22(27)23-21-11-10-19(15-29(21)26-25-23)18-7-3-2-4-8-18;3*3-2(4,5)1(6)7/h2-12,15,22H,13-14,16-17H2,1H3;3*(H,6,7). The molecule has 12 nitrogen and oxygen atoms in total. The molecule has 4 aromatic rings. The maximum atomic E-state index is 10.6. The molecule has 3 aromatic heterocycles. The molecule has 272 valence electrons. The molecule has 0 saturated carbocycles. The lowest BCUT2D eigenvalue weighted by molar-refractivity contribution is -0.193. The van der Waals surface area contributed by atoms with Crippen molar-refractivity contribution in [3.8, 4) is 11.1 Å². The van der Waals surface area contributed by atoms with Crippen LogP contribution >= 0.6 is 0 Å². The number of rotatable bonds is 4. The highest BCUT2D eigenvalue weighted by Crippen LogP contribution is 2.28. The summed E-state index contributed by atoms with van der Waals surface area (Å²) in [5.41, 5.74) is 5.54. The SMILES string of the molecule is CN1CCN(Cc2ccccn2)CC1c1nnn2cc(-c3ccccc3)ccc12.O=C(O)C(F)(F)F.O=C(O)C(F)(F)F.O=C(O)C(F)(F)F. The van der Waals surface area contributed by atoms with E-state index in [1.807, 2.05) is 28.9 Å². The van der Waals surface area contributed by atoms with Gasteiger partial charge in [-0.05, 0) is 30.8 Å². The van der Waals surface area contributed by atoms with Crippen molar-refractivity contribution in [1.82, 2.24) is 29.6 Å². The molecule has 5 rings (SSSR count). The van der Waals surface area contributed by atoms with Crippen molar-refractivity contribution < 1.29 is 69.2 Å². The highest BCUT2D eigenvalue weighted by atomic mass is 19.4. The number of carbonyl (C=O) groups is 3. The molecule has 0 spiro atoms. The van der Waals surface area contributed by atoms with E-state index in [4.69, 9.17) is 29.7 Å².